The summed E-state index contributed by atoms with van der Waals surface area (Å²) in [6, 6.07) is 8.39. The number of nitrogens with zero attached hydrogens (tertiary/aromatic N) is 4. The van der Waals surface area contributed by atoms with E-state index in [4.69, 9.17) is 14.4 Å². The molecule has 9 heteroatoms. The van der Waals surface area contributed by atoms with Crippen molar-refractivity contribution in [3.05, 3.63) is 65.3 Å². The Balaban J connectivity index is 1.61. The minimum atomic E-state index is -0.607. The highest BCUT2D eigenvalue weighted by atomic mass is 16.5. The van der Waals surface area contributed by atoms with Crippen LogP contribution in [0.2, 0.25) is 0 Å². The summed E-state index contributed by atoms with van der Waals surface area (Å²) in [5.41, 5.74) is 1.53. The van der Waals surface area contributed by atoms with Gasteiger partial charge in [0.15, 0.2) is 5.65 Å². The molecule has 4 rings (SSSR count). The number of rotatable bonds is 4. The molecule has 138 valence electrons. The monoisotopic (exact) mass is 375 g/mol. The number of fused-ring (bicyclic) bond motifs is 2. The fourth-order valence-corrected chi connectivity index (χ4v) is 2.87. The highest BCUT2D eigenvalue weighted by Gasteiger charge is 2.18. The first kappa shape index (κ1) is 17.2. The highest BCUT2D eigenvalue weighted by molar-refractivity contribution is 6.03. The molecule has 0 aliphatic rings. The lowest BCUT2D eigenvalue weighted by atomic mass is 10.1. The largest absolute Gasteiger partial charge is 0.465 e. The molecule has 1 amide bonds. The molecule has 0 saturated carbocycles. The lowest BCUT2D eigenvalue weighted by molar-refractivity contribution is 0.0601. The lowest BCUT2D eigenvalue weighted by Crippen LogP contribution is -2.22. The predicted octanol–water partition coefficient (Wildman–Crippen LogP) is 2.06. The molecule has 4 aromatic rings. The third-order valence-corrected chi connectivity index (χ3v) is 4.15. The number of ether oxygens (including phenoxy) is 1. The van der Waals surface area contributed by atoms with Crippen LogP contribution in [0.4, 0.5) is 0 Å². The van der Waals surface area contributed by atoms with Crippen molar-refractivity contribution in [2.24, 2.45) is 0 Å². The quantitative estimate of drug-likeness (QED) is 0.542. The van der Waals surface area contributed by atoms with Gasteiger partial charge in [0.2, 0.25) is 0 Å². The van der Waals surface area contributed by atoms with Crippen LogP contribution in [0.3, 0.4) is 0 Å². The Morgan fingerprint density at radius 2 is 2.18 bits per heavy atom. The normalized spacial score (nSPS) is 10.7. The number of carbonyl (C=O) groups excluding carboxylic acids is 2. The summed E-state index contributed by atoms with van der Waals surface area (Å²) >= 11 is 0. The van der Waals surface area contributed by atoms with Crippen LogP contribution in [0.15, 0.2) is 47.3 Å². The second kappa shape index (κ2) is 6.85. The number of benzene rings is 1. The number of hydrogen-bond donors (Lipinski definition) is 1. The first-order chi connectivity index (χ1) is 13.6. The number of carbonyl (C=O) groups is 2. The molecule has 9 nitrogen and oxygen atoms in total. The molecule has 0 aliphatic heterocycles. The van der Waals surface area contributed by atoms with Gasteiger partial charge < -0.3 is 14.5 Å². The number of furan rings is 1. The van der Waals surface area contributed by atoms with Crippen LogP contribution < -0.4 is 5.32 Å². The fourth-order valence-electron chi connectivity index (χ4n) is 2.87. The van der Waals surface area contributed by atoms with E-state index in [-0.39, 0.29) is 18.0 Å². The van der Waals surface area contributed by atoms with Crippen LogP contribution in [-0.2, 0) is 11.3 Å². The molecule has 0 bridgehead atoms. The van der Waals surface area contributed by atoms with E-state index in [2.05, 4.69) is 15.4 Å². The van der Waals surface area contributed by atoms with E-state index < -0.39 is 5.97 Å². The molecule has 28 heavy (non-hydrogen) atoms. The molecular weight excluding hydrogens is 362 g/mol. The standard InChI is InChI=1S/C19H13N5O4/c1-27-19(26)14-6-11(8-20)5-12-7-13(28-16(12)14)9-22-18(25)15-10-23-24-4-2-3-21-17(15)24/h2-7,10H,9H2,1H3,(H,22,25). The number of aromatic nitrogens is 3. The average molecular weight is 375 g/mol. The second-order valence-electron chi connectivity index (χ2n) is 5.89. The smallest absolute Gasteiger partial charge is 0.341 e. The zero-order chi connectivity index (χ0) is 19.7. The summed E-state index contributed by atoms with van der Waals surface area (Å²) in [4.78, 5) is 28.6. The minimum absolute atomic E-state index is 0.0835. The average Bonchev–Trinajstić information content (AvgIpc) is 3.34. The zero-order valence-electron chi connectivity index (χ0n) is 14.7. The van der Waals surface area contributed by atoms with E-state index in [1.807, 2.05) is 6.07 Å². The first-order valence-electron chi connectivity index (χ1n) is 8.22. The van der Waals surface area contributed by atoms with Crippen molar-refractivity contribution in [2.75, 3.05) is 7.11 Å². The van der Waals surface area contributed by atoms with Crippen molar-refractivity contribution < 1.29 is 18.7 Å². The van der Waals surface area contributed by atoms with Crippen molar-refractivity contribution in [3.8, 4) is 6.07 Å². The Morgan fingerprint density at radius 3 is 2.96 bits per heavy atom. The molecule has 0 aliphatic carbocycles. The van der Waals surface area contributed by atoms with E-state index in [0.29, 0.717) is 33.5 Å². The fraction of sp³-hybridized carbons (Fsp3) is 0.105. The number of amides is 1. The summed E-state index contributed by atoms with van der Waals surface area (Å²) in [7, 11) is 1.25. The Bertz CT molecular complexity index is 1260. The van der Waals surface area contributed by atoms with Gasteiger partial charge in [0, 0.05) is 17.8 Å². The summed E-state index contributed by atoms with van der Waals surface area (Å²) in [6.07, 6.45) is 4.71. The Hall–Kier alpha value is -4.19. The summed E-state index contributed by atoms with van der Waals surface area (Å²) in [5, 5.41) is 16.5. The Kier molecular flexibility index (Phi) is 4.21. The third-order valence-electron chi connectivity index (χ3n) is 4.15. The predicted molar refractivity (Wildman–Crippen MR) is 96.4 cm³/mol. The van der Waals surface area contributed by atoms with Crippen molar-refractivity contribution >= 4 is 28.5 Å². The maximum absolute atomic E-state index is 12.5. The molecule has 0 saturated heterocycles. The second-order valence-corrected chi connectivity index (χ2v) is 5.89. The highest BCUT2D eigenvalue weighted by Crippen LogP contribution is 2.26. The third kappa shape index (κ3) is 2.93. The molecule has 0 atom stereocenters. The molecule has 3 aromatic heterocycles. The molecule has 3 heterocycles. The number of nitriles is 1. The van der Waals surface area contributed by atoms with E-state index in [1.54, 1.807) is 30.6 Å². The molecular formula is C19H13N5O4. The van der Waals surface area contributed by atoms with E-state index in [0.717, 1.165) is 0 Å². The zero-order valence-corrected chi connectivity index (χ0v) is 14.7. The topological polar surface area (TPSA) is 123 Å². The molecule has 0 radical (unpaired) electrons. The Morgan fingerprint density at radius 1 is 1.32 bits per heavy atom. The van der Waals surface area contributed by atoms with Gasteiger partial charge in [-0.1, -0.05) is 0 Å². The van der Waals surface area contributed by atoms with Gasteiger partial charge in [-0.05, 0) is 24.3 Å². The van der Waals surface area contributed by atoms with Crippen LogP contribution in [-0.4, -0.2) is 33.6 Å². The van der Waals surface area contributed by atoms with Gasteiger partial charge in [-0.25, -0.2) is 14.3 Å². The van der Waals surface area contributed by atoms with Crippen molar-refractivity contribution in [3.63, 3.8) is 0 Å². The van der Waals surface area contributed by atoms with Gasteiger partial charge in [-0.2, -0.15) is 10.4 Å². The molecule has 0 fully saturated rings. The van der Waals surface area contributed by atoms with Crippen molar-refractivity contribution in [2.45, 2.75) is 6.54 Å². The van der Waals surface area contributed by atoms with Gasteiger partial charge >= 0.3 is 5.97 Å². The molecule has 1 aromatic carbocycles. The molecule has 1 N–H and O–H groups in total. The summed E-state index contributed by atoms with van der Waals surface area (Å²) in [6.45, 7) is 0.0835. The van der Waals surface area contributed by atoms with Crippen LogP contribution >= 0.6 is 0 Å². The minimum Gasteiger partial charge on any atom is -0.465 e. The van der Waals surface area contributed by atoms with Crippen LogP contribution in [0, 0.1) is 11.3 Å². The number of hydrogen-bond acceptors (Lipinski definition) is 7. The van der Waals surface area contributed by atoms with Gasteiger partial charge in [0.25, 0.3) is 5.91 Å². The van der Waals surface area contributed by atoms with E-state index in [1.165, 1.54) is 23.9 Å². The van der Waals surface area contributed by atoms with Crippen LogP contribution in [0.25, 0.3) is 16.6 Å². The van der Waals surface area contributed by atoms with Crippen molar-refractivity contribution in [1.82, 2.24) is 19.9 Å². The van der Waals surface area contributed by atoms with E-state index >= 15 is 0 Å². The number of methoxy groups -OCH3 is 1. The maximum atomic E-state index is 12.5. The van der Waals surface area contributed by atoms with E-state index in [9.17, 15) is 9.59 Å². The van der Waals surface area contributed by atoms with Crippen LogP contribution in [0.5, 0.6) is 0 Å². The van der Waals surface area contributed by atoms with Gasteiger partial charge in [0.05, 0.1) is 31.5 Å². The first-order valence-corrected chi connectivity index (χ1v) is 8.22. The van der Waals surface area contributed by atoms with Gasteiger partial charge in [0.1, 0.15) is 22.5 Å². The SMILES string of the molecule is COC(=O)c1cc(C#N)cc2cc(CNC(=O)c3cnn4cccnc34)oc12. The Labute approximate surface area is 158 Å². The number of esters is 1. The van der Waals surface area contributed by atoms with Crippen LogP contribution in [0.1, 0.15) is 32.0 Å². The number of nitrogens with one attached hydrogen (secondary N) is 1. The van der Waals surface area contributed by atoms with Crippen molar-refractivity contribution in [1.29, 1.82) is 5.26 Å². The lowest BCUT2D eigenvalue weighted by Gasteiger charge is -2.02. The summed E-state index contributed by atoms with van der Waals surface area (Å²) < 4.78 is 12.0. The maximum Gasteiger partial charge on any atom is 0.341 e. The van der Waals surface area contributed by atoms with Gasteiger partial charge in [-0.15, -0.1) is 0 Å². The molecule has 0 spiro atoms. The molecule has 0 unspecified atom stereocenters. The van der Waals surface area contributed by atoms with Gasteiger partial charge in [-0.3, -0.25) is 4.79 Å². The summed E-state index contributed by atoms with van der Waals surface area (Å²) in [5.74, 6) is -0.544.